The number of amides is 3. The highest BCUT2D eigenvalue weighted by Gasteiger charge is 2.28. The summed E-state index contributed by atoms with van der Waals surface area (Å²) in [7, 11) is 0. The zero-order valence-electron chi connectivity index (χ0n) is 30.8. The number of fused-ring (bicyclic) bond motifs is 1. The number of benzene rings is 4. The highest BCUT2D eigenvalue weighted by molar-refractivity contribution is 8.00. The lowest BCUT2D eigenvalue weighted by atomic mass is 10.1. The number of thioether (sulfide) groups is 1. The predicted molar refractivity (Wildman–Crippen MR) is 220 cm³/mol. The van der Waals surface area contributed by atoms with Crippen LogP contribution in [0.1, 0.15) is 75.4 Å². The van der Waals surface area contributed by atoms with E-state index in [1.807, 2.05) is 66.7 Å². The number of rotatable bonds is 14. The normalized spacial score (nSPS) is 13.1. The van der Waals surface area contributed by atoms with Gasteiger partial charge < -0.3 is 25.4 Å². The number of esters is 1. The lowest BCUT2D eigenvalue weighted by molar-refractivity contribution is -0.115. The van der Waals surface area contributed by atoms with Gasteiger partial charge in [-0.1, -0.05) is 73.2 Å². The van der Waals surface area contributed by atoms with Crippen molar-refractivity contribution in [3.05, 3.63) is 148 Å². The van der Waals surface area contributed by atoms with Crippen LogP contribution in [0.25, 0.3) is 6.08 Å². The molecule has 11 heteroatoms. The van der Waals surface area contributed by atoms with Gasteiger partial charge in [0.15, 0.2) is 0 Å². The summed E-state index contributed by atoms with van der Waals surface area (Å²) in [6.07, 6.45) is 6.44. The van der Waals surface area contributed by atoms with E-state index >= 15 is 0 Å². The molecule has 0 fully saturated rings. The summed E-state index contributed by atoms with van der Waals surface area (Å²) in [5.41, 5.74) is 4.15. The first-order chi connectivity index (χ1) is 26.8. The monoisotopic (exact) mass is 773 g/mol. The molecule has 0 radical (unpaired) electrons. The molecule has 1 aliphatic carbocycles. The van der Waals surface area contributed by atoms with Crippen molar-refractivity contribution < 1.29 is 28.7 Å². The van der Waals surface area contributed by atoms with E-state index in [-0.39, 0.29) is 18.2 Å². The molecule has 0 bridgehead atoms. The molecule has 1 heterocycles. The van der Waals surface area contributed by atoms with Crippen molar-refractivity contribution in [1.82, 2.24) is 5.32 Å². The fraction of sp³-hybridized carbons (Fsp3) is 0.227. The minimum absolute atomic E-state index is 0.0457. The molecule has 0 saturated carbocycles. The second kappa shape index (κ2) is 19.1. The summed E-state index contributed by atoms with van der Waals surface area (Å²) >= 11 is 2.79. The Bertz CT molecular complexity index is 2150. The highest BCUT2D eigenvalue weighted by Crippen LogP contribution is 2.38. The molecule has 4 aromatic carbocycles. The van der Waals surface area contributed by atoms with Crippen LogP contribution in [-0.4, -0.2) is 35.5 Å². The molecule has 5 aromatic rings. The van der Waals surface area contributed by atoms with E-state index in [1.54, 1.807) is 62.4 Å². The van der Waals surface area contributed by atoms with Crippen molar-refractivity contribution in [2.75, 3.05) is 17.2 Å². The van der Waals surface area contributed by atoms with Crippen LogP contribution in [0.3, 0.4) is 0 Å². The van der Waals surface area contributed by atoms with Crippen LogP contribution in [0.4, 0.5) is 10.7 Å². The summed E-state index contributed by atoms with van der Waals surface area (Å²) in [5.74, 6) is -0.930. The van der Waals surface area contributed by atoms with Gasteiger partial charge in [-0.25, -0.2) is 4.79 Å². The minimum Gasteiger partial charge on any atom is -0.489 e. The number of hydrogen-bond donors (Lipinski definition) is 3. The first kappa shape index (κ1) is 39.1. The second-order valence-corrected chi connectivity index (χ2v) is 15.5. The number of aryl methyl sites for hydroxylation is 1. The standard InChI is InChI=1S/C44H43N3O6S2/c1-3-52-44(51)39-36-20-11-6-12-21-38(36)55-43(39)47-40(48)29(2)54-35-19-13-18-33(27-35)45-42(50)37(46-41(49)32-16-9-5-10-17-32)26-30-22-24-34(25-23-30)53-28-31-14-7-4-8-15-31/h4-5,7-10,13-19,22-27,29H,3,6,11-12,20-21,28H2,1-2H3,(H,45,50)(H,46,49)(H,47,48)/b37-26+. The molecule has 1 aliphatic rings. The largest absolute Gasteiger partial charge is 0.489 e. The molecule has 282 valence electrons. The molecule has 0 aliphatic heterocycles. The van der Waals surface area contributed by atoms with Crippen LogP contribution in [0.5, 0.6) is 5.75 Å². The Morgan fingerprint density at radius 3 is 2.31 bits per heavy atom. The summed E-state index contributed by atoms with van der Waals surface area (Å²) < 4.78 is 11.3. The third-order valence-corrected chi connectivity index (χ3v) is 11.2. The van der Waals surface area contributed by atoms with Crippen LogP contribution in [0.15, 0.2) is 120 Å². The number of anilines is 2. The van der Waals surface area contributed by atoms with Gasteiger partial charge in [-0.2, -0.15) is 0 Å². The molecule has 1 aromatic heterocycles. The highest BCUT2D eigenvalue weighted by atomic mass is 32.2. The maximum Gasteiger partial charge on any atom is 0.341 e. The molecule has 0 spiro atoms. The molecule has 3 amide bonds. The quantitative estimate of drug-likeness (QED) is 0.0445. The minimum atomic E-state index is -0.525. The van der Waals surface area contributed by atoms with Gasteiger partial charge in [0.25, 0.3) is 11.8 Å². The molecule has 6 rings (SSSR count). The summed E-state index contributed by atoms with van der Waals surface area (Å²) in [5, 5.41) is 8.71. The lowest BCUT2D eigenvalue weighted by Gasteiger charge is -2.14. The van der Waals surface area contributed by atoms with Crippen LogP contribution in [0.2, 0.25) is 0 Å². The van der Waals surface area contributed by atoms with Crippen molar-refractivity contribution in [2.24, 2.45) is 0 Å². The summed E-state index contributed by atoms with van der Waals surface area (Å²) in [6, 6.07) is 32.9. The van der Waals surface area contributed by atoms with E-state index in [1.165, 1.54) is 23.1 Å². The fourth-order valence-corrected chi connectivity index (χ4v) is 8.28. The summed E-state index contributed by atoms with van der Waals surface area (Å²) in [4.78, 5) is 55.3. The molecular weight excluding hydrogens is 731 g/mol. The van der Waals surface area contributed by atoms with E-state index in [0.717, 1.165) is 53.0 Å². The van der Waals surface area contributed by atoms with Gasteiger partial charge >= 0.3 is 5.97 Å². The first-order valence-electron chi connectivity index (χ1n) is 18.3. The molecular formula is C44H43N3O6S2. The van der Waals surface area contributed by atoms with Crippen LogP contribution < -0.4 is 20.7 Å². The van der Waals surface area contributed by atoms with E-state index in [0.29, 0.717) is 39.7 Å². The van der Waals surface area contributed by atoms with Crippen LogP contribution >= 0.6 is 23.1 Å². The number of hydrogen-bond acceptors (Lipinski definition) is 8. The lowest BCUT2D eigenvalue weighted by Crippen LogP contribution is -2.30. The predicted octanol–water partition coefficient (Wildman–Crippen LogP) is 9.30. The van der Waals surface area contributed by atoms with Crippen molar-refractivity contribution >= 4 is 63.6 Å². The molecule has 1 unspecified atom stereocenters. The van der Waals surface area contributed by atoms with Gasteiger partial charge in [0.05, 0.1) is 17.4 Å². The number of nitrogens with one attached hydrogen (secondary N) is 3. The van der Waals surface area contributed by atoms with Gasteiger partial charge in [0.2, 0.25) is 5.91 Å². The van der Waals surface area contributed by atoms with Gasteiger partial charge in [-0.3, -0.25) is 14.4 Å². The maximum atomic E-state index is 13.8. The average molecular weight is 774 g/mol. The molecule has 0 saturated heterocycles. The van der Waals surface area contributed by atoms with Gasteiger partial charge in [-0.05, 0) is 105 Å². The second-order valence-electron chi connectivity index (χ2n) is 12.9. The summed E-state index contributed by atoms with van der Waals surface area (Å²) in [6.45, 7) is 4.25. The number of carbonyl (C=O) groups is 4. The van der Waals surface area contributed by atoms with Gasteiger partial charge in [0.1, 0.15) is 23.1 Å². The zero-order valence-corrected chi connectivity index (χ0v) is 32.4. The maximum absolute atomic E-state index is 13.8. The van der Waals surface area contributed by atoms with Crippen LogP contribution in [0, 0.1) is 0 Å². The third kappa shape index (κ3) is 10.7. The SMILES string of the molecule is CCOC(=O)c1c(NC(=O)C(C)Sc2cccc(NC(=O)/C(=C\c3ccc(OCc4ccccc4)cc3)NC(=O)c3ccccc3)c2)sc2c1CCCCC2. The number of thiophene rings is 1. The Labute approximate surface area is 329 Å². The molecule has 55 heavy (non-hydrogen) atoms. The third-order valence-electron chi connectivity index (χ3n) is 8.88. The average Bonchev–Trinajstić information content (AvgIpc) is 3.37. The van der Waals surface area contributed by atoms with Crippen molar-refractivity contribution in [3.63, 3.8) is 0 Å². The van der Waals surface area contributed by atoms with E-state index in [2.05, 4.69) is 16.0 Å². The Morgan fingerprint density at radius 2 is 1.56 bits per heavy atom. The molecule has 9 nitrogen and oxygen atoms in total. The Morgan fingerprint density at radius 1 is 0.836 bits per heavy atom. The van der Waals surface area contributed by atoms with Crippen molar-refractivity contribution in [2.45, 2.75) is 62.7 Å². The Kier molecular flexibility index (Phi) is 13.6. The molecule has 3 N–H and O–H groups in total. The molecule has 1 atom stereocenters. The Hall–Kier alpha value is -5.65. The van der Waals surface area contributed by atoms with E-state index in [4.69, 9.17) is 9.47 Å². The van der Waals surface area contributed by atoms with Gasteiger partial charge in [0, 0.05) is 21.0 Å². The van der Waals surface area contributed by atoms with Gasteiger partial charge in [-0.15, -0.1) is 23.1 Å². The topological polar surface area (TPSA) is 123 Å². The van der Waals surface area contributed by atoms with Crippen molar-refractivity contribution in [1.29, 1.82) is 0 Å². The number of ether oxygens (including phenoxy) is 2. The van der Waals surface area contributed by atoms with E-state index < -0.39 is 23.0 Å². The smallest absolute Gasteiger partial charge is 0.341 e. The fourth-order valence-electron chi connectivity index (χ4n) is 6.08. The van der Waals surface area contributed by atoms with E-state index in [9.17, 15) is 19.2 Å². The van der Waals surface area contributed by atoms with Crippen molar-refractivity contribution in [3.8, 4) is 5.75 Å². The first-order valence-corrected chi connectivity index (χ1v) is 20.0. The zero-order chi connectivity index (χ0) is 38.6. The number of carbonyl (C=O) groups excluding carboxylic acids is 4. The Balaban J connectivity index is 1.14. The van der Waals surface area contributed by atoms with Crippen LogP contribution in [-0.2, 0) is 33.8 Å².